The summed E-state index contributed by atoms with van der Waals surface area (Å²) in [4.78, 5) is 16.6. The summed E-state index contributed by atoms with van der Waals surface area (Å²) in [6.07, 6.45) is -3.48. The van der Waals surface area contributed by atoms with E-state index in [2.05, 4.69) is 4.98 Å². The summed E-state index contributed by atoms with van der Waals surface area (Å²) in [7, 11) is 0. The monoisotopic (exact) mass is 437 g/mol. The average Bonchev–Trinajstić information content (AvgIpc) is 2.74. The van der Waals surface area contributed by atoms with Crippen molar-refractivity contribution in [3.8, 4) is 0 Å². The van der Waals surface area contributed by atoms with E-state index >= 15 is 0 Å². The van der Waals surface area contributed by atoms with Crippen LogP contribution in [0, 0.1) is 11.6 Å². The Hall–Kier alpha value is -3.33. The van der Waals surface area contributed by atoms with Gasteiger partial charge in [-0.3, -0.25) is 9.78 Å². The Morgan fingerprint density at radius 3 is 2.48 bits per heavy atom. The molecular formula is C22H16F5NO3. The number of alkyl halides is 3. The molecule has 1 N–H and O–H groups in total. The number of carbonyl (C=O) groups is 1. The van der Waals surface area contributed by atoms with Gasteiger partial charge >= 0.3 is 12.1 Å². The van der Waals surface area contributed by atoms with Crippen molar-refractivity contribution >= 4 is 5.97 Å². The van der Waals surface area contributed by atoms with E-state index in [1.54, 1.807) is 0 Å². The number of hydrogen-bond donors (Lipinski definition) is 1. The number of halogens is 5. The molecule has 3 aromatic rings. The van der Waals surface area contributed by atoms with Crippen molar-refractivity contribution in [2.45, 2.75) is 24.8 Å². The Balaban J connectivity index is 1.88. The molecule has 1 aromatic heterocycles. The van der Waals surface area contributed by atoms with Crippen molar-refractivity contribution in [2.24, 2.45) is 0 Å². The maximum Gasteiger partial charge on any atom is 0.416 e. The minimum atomic E-state index is -4.57. The third-order valence-corrected chi connectivity index (χ3v) is 4.53. The number of aliphatic hydroxyl groups excluding tert-OH is 1. The molecule has 4 nitrogen and oxygen atoms in total. The lowest BCUT2D eigenvalue weighted by Crippen LogP contribution is -2.24. The lowest BCUT2D eigenvalue weighted by atomic mass is 9.89. The summed E-state index contributed by atoms with van der Waals surface area (Å²) in [5.74, 6) is -4.66. The van der Waals surface area contributed by atoms with Crippen LogP contribution in [0.4, 0.5) is 22.0 Å². The molecule has 162 valence electrons. The summed E-state index contributed by atoms with van der Waals surface area (Å²) in [5, 5.41) is 10.7. The van der Waals surface area contributed by atoms with Gasteiger partial charge in [-0.1, -0.05) is 24.3 Å². The van der Waals surface area contributed by atoms with Crippen molar-refractivity contribution in [2.75, 3.05) is 0 Å². The molecule has 0 amide bonds. The third-order valence-electron chi connectivity index (χ3n) is 4.53. The fourth-order valence-corrected chi connectivity index (χ4v) is 3.00. The zero-order valence-electron chi connectivity index (χ0n) is 15.8. The SMILES string of the molecule is O=C(OCc1cccc(C(F)(F)F)c1)C(c1ccc(F)cc1F)[C@H](O)c1cccnc1. The Labute approximate surface area is 173 Å². The highest BCUT2D eigenvalue weighted by molar-refractivity contribution is 5.79. The number of aliphatic hydroxyl groups is 1. The second-order valence-electron chi connectivity index (χ2n) is 6.68. The highest BCUT2D eigenvalue weighted by Gasteiger charge is 2.34. The molecule has 31 heavy (non-hydrogen) atoms. The quantitative estimate of drug-likeness (QED) is 0.439. The molecule has 0 saturated heterocycles. The molecule has 0 bridgehead atoms. The van der Waals surface area contributed by atoms with Gasteiger partial charge in [-0.2, -0.15) is 13.2 Å². The normalized spacial score (nSPS) is 13.5. The summed E-state index contributed by atoms with van der Waals surface area (Å²) < 4.78 is 71.4. The zero-order valence-corrected chi connectivity index (χ0v) is 15.8. The average molecular weight is 437 g/mol. The standard InChI is InChI=1S/C22H16F5NO3/c23-16-6-7-17(18(24)10-16)19(20(29)14-4-2-8-28-11-14)21(30)31-12-13-3-1-5-15(9-13)22(25,26)27/h1-11,19-20,29H,12H2/t19?,20-/m1/s1. The van der Waals surface area contributed by atoms with Gasteiger partial charge in [0.05, 0.1) is 11.7 Å². The predicted molar refractivity (Wildman–Crippen MR) is 99.5 cm³/mol. The number of nitrogens with zero attached hydrogens (tertiary/aromatic N) is 1. The van der Waals surface area contributed by atoms with Crippen LogP contribution in [0.3, 0.4) is 0 Å². The van der Waals surface area contributed by atoms with Crippen LogP contribution in [0.2, 0.25) is 0 Å². The number of aromatic nitrogens is 1. The molecule has 0 fully saturated rings. The second kappa shape index (κ2) is 9.22. The number of carbonyl (C=O) groups excluding carboxylic acids is 1. The van der Waals surface area contributed by atoms with E-state index in [9.17, 15) is 31.9 Å². The van der Waals surface area contributed by atoms with Crippen LogP contribution >= 0.6 is 0 Å². The van der Waals surface area contributed by atoms with E-state index < -0.39 is 48.0 Å². The number of ether oxygens (including phenoxy) is 1. The molecule has 9 heteroatoms. The first-order valence-corrected chi connectivity index (χ1v) is 9.02. The maximum absolute atomic E-state index is 14.4. The van der Waals surface area contributed by atoms with Crippen LogP contribution < -0.4 is 0 Å². The first-order valence-electron chi connectivity index (χ1n) is 9.02. The van der Waals surface area contributed by atoms with Gasteiger partial charge in [0.25, 0.3) is 0 Å². The smallest absolute Gasteiger partial charge is 0.416 e. The van der Waals surface area contributed by atoms with Crippen LogP contribution in [0.5, 0.6) is 0 Å². The topological polar surface area (TPSA) is 59.4 Å². The number of hydrogen-bond acceptors (Lipinski definition) is 4. The fourth-order valence-electron chi connectivity index (χ4n) is 3.00. The molecule has 0 radical (unpaired) electrons. The van der Waals surface area contributed by atoms with Gasteiger partial charge < -0.3 is 9.84 Å². The van der Waals surface area contributed by atoms with E-state index in [1.165, 1.54) is 30.6 Å². The second-order valence-corrected chi connectivity index (χ2v) is 6.68. The molecule has 0 aliphatic heterocycles. The molecule has 2 atom stereocenters. The highest BCUT2D eigenvalue weighted by atomic mass is 19.4. The van der Waals surface area contributed by atoms with Gasteiger partial charge in [-0.05, 0) is 29.8 Å². The first-order chi connectivity index (χ1) is 14.7. The molecule has 1 unspecified atom stereocenters. The Morgan fingerprint density at radius 2 is 1.84 bits per heavy atom. The van der Waals surface area contributed by atoms with Crippen LogP contribution in [0.15, 0.2) is 67.0 Å². The molecule has 1 heterocycles. The van der Waals surface area contributed by atoms with Gasteiger partial charge in [0, 0.05) is 29.6 Å². The molecule has 0 aliphatic carbocycles. The Kier molecular flexibility index (Phi) is 6.65. The molecule has 2 aromatic carbocycles. The van der Waals surface area contributed by atoms with E-state index in [0.29, 0.717) is 6.07 Å². The molecule has 0 aliphatic rings. The van der Waals surface area contributed by atoms with E-state index in [4.69, 9.17) is 4.74 Å². The van der Waals surface area contributed by atoms with E-state index in [-0.39, 0.29) is 16.7 Å². The summed E-state index contributed by atoms with van der Waals surface area (Å²) in [5.41, 5.74) is -1.02. The molecule has 0 saturated carbocycles. The summed E-state index contributed by atoms with van der Waals surface area (Å²) >= 11 is 0. The van der Waals surface area contributed by atoms with Gasteiger partial charge in [-0.25, -0.2) is 8.78 Å². The van der Waals surface area contributed by atoms with Crippen molar-refractivity contribution in [3.05, 3.63) is 101 Å². The van der Waals surface area contributed by atoms with Crippen molar-refractivity contribution < 1.29 is 36.6 Å². The fraction of sp³-hybridized carbons (Fsp3) is 0.182. The van der Waals surface area contributed by atoms with Crippen molar-refractivity contribution in [1.29, 1.82) is 0 Å². The minimum absolute atomic E-state index is 0.0531. The van der Waals surface area contributed by atoms with Crippen LogP contribution in [0.25, 0.3) is 0 Å². The third kappa shape index (κ3) is 5.43. The van der Waals surface area contributed by atoms with Crippen LogP contribution in [-0.2, 0) is 22.3 Å². The largest absolute Gasteiger partial charge is 0.460 e. The Bertz CT molecular complexity index is 1060. The van der Waals surface area contributed by atoms with E-state index in [0.717, 1.165) is 30.3 Å². The zero-order chi connectivity index (χ0) is 22.6. The van der Waals surface area contributed by atoms with Gasteiger partial charge in [0.15, 0.2) is 0 Å². The summed E-state index contributed by atoms with van der Waals surface area (Å²) in [6.45, 7) is -0.540. The van der Waals surface area contributed by atoms with E-state index in [1.807, 2.05) is 0 Å². The highest BCUT2D eigenvalue weighted by Crippen LogP contribution is 2.34. The number of pyridine rings is 1. The maximum atomic E-state index is 14.4. The predicted octanol–water partition coefficient (Wildman–Crippen LogP) is 4.94. The van der Waals surface area contributed by atoms with Crippen LogP contribution in [-0.4, -0.2) is 16.1 Å². The van der Waals surface area contributed by atoms with Gasteiger partial charge in [0.2, 0.25) is 0 Å². The lowest BCUT2D eigenvalue weighted by Gasteiger charge is -2.22. The number of benzene rings is 2. The minimum Gasteiger partial charge on any atom is -0.460 e. The van der Waals surface area contributed by atoms with Crippen molar-refractivity contribution in [1.82, 2.24) is 4.98 Å². The number of rotatable bonds is 6. The molecule has 3 rings (SSSR count). The van der Waals surface area contributed by atoms with Gasteiger partial charge in [-0.15, -0.1) is 0 Å². The number of esters is 1. The molecule has 0 spiro atoms. The Morgan fingerprint density at radius 1 is 1.06 bits per heavy atom. The van der Waals surface area contributed by atoms with Gasteiger partial charge in [0.1, 0.15) is 24.2 Å². The molecular weight excluding hydrogens is 421 g/mol. The summed E-state index contributed by atoms with van der Waals surface area (Å²) in [6, 6.07) is 9.59. The first kappa shape index (κ1) is 22.4. The van der Waals surface area contributed by atoms with Crippen LogP contribution in [0.1, 0.15) is 34.3 Å². The lowest BCUT2D eigenvalue weighted by molar-refractivity contribution is -0.150. The van der Waals surface area contributed by atoms with Crippen molar-refractivity contribution in [3.63, 3.8) is 0 Å².